The van der Waals surface area contributed by atoms with Gasteiger partial charge in [0.05, 0.1) is 18.3 Å². The molecule has 1 aliphatic rings. The van der Waals surface area contributed by atoms with Crippen LogP contribution in [0.3, 0.4) is 0 Å². The molecule has 11 nitrogen and oxygen atoms in total. The third kappa shape index (κ3) is 5.30. The molecular formula is C21H25N7O4. The molecule has 0 unspecified atom stereocenters. The van der Waals surface area contributed by atoms with Crippen LogP contribution in [0.1, 0.15) is 22.5 Å². The molecule has 3 aromatic rings. The molecule has 1 saturated heterocycles. The number of hydrogen-bond donors (Lipinski definition) is 3. The summed E-state index contributed by atoms with van der Waals surface area (Å²) in [5, 5.41) is 16.9. The summed E-state index contributed by atoms with van der Waals surface area (Å²) in [6.45, 7) is 4.54. The summed E-state index contributed by atoms with van der Waals surface area (Å²) in [5.74, 6) is 0.605. The number of rotatable bonds is 7. The van der Waals surface area contributed by atoms with Gasteiger partial charge in [-0.15, -0.1) is 0 Å². The van der Waals surface area contributed by atoms with Crippen molar-refractivity contribution in [3.63, 3.8) is 0 Å². The van der Waals surface area contributed by atoms with Crippen LogP contribution in [0.15, 0.2) is 35.0 Å². The molecule has 168 valence electrons. The number of hydrogen-bond acceptors (Lipinski definition) is 7. The Morgan fingerprint density at radius 2 is 1.97 bits per heavy atom. The number of fused-ring (bicyclic) bond motifs is 1. The van der Waals surface area contributed by atoms with Gasteiger partial charge in [0, 0.05) is 56.2 Å². The predicted octanol–water partition coefficient (Wildman–Crippen LogP) is 0.762. The van der Waals surface area contributed by atoms with E-state index in [0.29, 0.717) is 43.3 Å². The highest BCUT2D eigenvalue weighted by Gasteiger charge is 2.22. The fourth-order valence-electron chi connectivity index (χ4n) is 3.59. The van der Waals surface area contributed by atoms with Gasteiger partial charge in [0.25, 0.3) is 5.91 Å². The minimum absolute atomic E-state index is 0.0171. The number of aryl methyl sites for hydroxylation is 1. The van der Waals surface area contributed by atoms with Crippen molar-refractivity contribution in [3.8, 4) is 0 Å². The molecule has 3 N–H and O–H groups in total. The molecule has 0 aliphatic carbocycles. The maximum Gasteiger partial charge on any atom is 0.251 e. The standard InChI is InChI=1S/C21H25N7O4/c1-14-10-18(26-32-14)24-19(29)13-27-6-8-28(9-7-27)20(30)4-5-22-21(31)15-2-3-16-12-23-25-17(16)11-15/h2-3,10-12H,4-9,13H2,1H3,(H,22,31)(H,23,25)(H,24,26,29). The van der Waals surface area contributed by atoms with Crippen molar-refractivity contribution >= 4 is 34.4 Å². The van der Waals surface area contributed by atoms with Crippen molar-refractivity contribution < 1.29 is 18.9 Å². The lowest BCUT2D eigenvalue weighted by Crippen LogP contribution is -2.50. The number of H-pyrrole nitrogens is 1. The summed E-state index contributed by atoms with van der Waals surface area (Å²) in [6, 6.07) is 6.95. The van der Waals surface area contributed by atoms with Gasteiger partial charge in [0.2, 0.25) is 11.8 Å². The van der Waals surface area contributed by atoms with Crippen LogP contribution in [-0.4, -0.2) is 82.1 Å². The van der Waals surface area contributed by atoms with E-state index in [1.165, 1.54) is 0 Å². The van der Waals surface area contributed by atoms with Crippen LogP contribution in [0.5, 0.6) is 0 Å². The van der Waals surface area contributed by atoms with Crippen molar-refractivity contribution in [1.29, 1.82) is 0 Å². The third-order valence-electron chi connectivity index (χ3n) is 5.32. The van der Waals surface area contributed by atoms with E-state index in [2.05, 4.69) is 26.0 Å². The number of piperazine rings is 1. The quantitative estimate of drug-likeness (QED) is 0.494. The van der Waals surface area contributed by atoms with E-state index >= 15 is 0 Å². The normalized spacial score (nSPS) is 14.5. The predicted molar refractivity (Wildman–Crippen MR) is 116 cm³/mol. The molecule has 3 heterocycles. The van der Waals surface area contributed by atoms with Gasteiger partial charge in [-0.1, -0.05) is 11.2 Å². The van der Waals surface area contributed by atoms with Gasteiger partial charge in [0.15, 0.2) is 5.82 Å². The number of benzene rings is 1. The van der Waals surface area contributed by atoms with E-state index in [1.54, 1.807) is 36.2 Å². The number of anilines is 1. The summed E-state index contributed by atoms with van der Waals surface area (Å²) in [5.41, 5.74) is 1.30. The first-order chi connectivity index (χ1) is 15.5. The molecule has 0 radical (unpaired) electrons. The van der Waals surface area contributed by atoms with E-state index < -0.39 is 0 Å². The first-order valence-corrected chi connectivity index (χ1v) is 10.4. The molecule has 0 saturated carbocycles. The molecule has 3 amide bonds. The first kappa shape index (κ1) is 21.5. The zero-order valence-corrected chi connectivity index (χ0v) is 17.8. The average molecular weight is 439 g/mol. The Hall–Kier alpha value is -3.73. The first-order valence-electron chi connectivity index (χ1n) is 10.4. The Labute approximate surface area is 184 Å². The van der Waals surface area contributed by atoms with Crippen molar-refractivity contribution in [2.24, 2.45) is 0 Å². The second kappa shape index (κ2) is 9.60. The maximum absolute atomic E-state index is 12.5. The number of aromatic amines is 1. The van der Waals surface area contributed by atoms with E-state index in [4.69, 9.17) is 4.52 Å². The minimum atomic E-state index is -0.229. The highest BCUT2D eigenvalue weighted by atomic mass is 16.5. The number of nitrogens with one attached hydrogen (secondary N) is 3. The summed E-state index contributed by atoms with van der Waals surface area (Å²) in [4.78, 5) is 40.7. The van der Waals surface area contributed by atoms with E-state index in [9.17, 15) is 14.4 Å². The fourth-order valence-corrected chi connectivity index (χ4v) is 3.59. The molecular weight excluding hydrogens is 414 g/mol. The second-order valence-corrected chi connectivity index (χ2v) is 7.71. The minimum Gasteiger partial charge on any atom is -0.360 e. The highest BCUT2D eigenvalue weighted by Crippen LogP contribution is 2.13. The smallest absolute Gasteiger partial charge is 0.251 e. The largest absolute Gasteiger partial charge is 0.360 e. The zero-order valence-electron chi connectivity index (χ0n) is 17.8. The van der Waals surface area contributed by atoms with E-state index in [1.807, 2.05) is 11.0 Å². The zero-order chi connectivity index (χ0) is 22.5. The van der Waals surface area contributed by atoms with Gasteiger partial charge in [0.1, 0.15) is 5.76 Å². The lowest BCUT2D eigenvalue weighted by Gasteiger charge is -2.34. The molecule has 1 fully saturated rings. The van der Waals surface area contributed by atoms with Crippen molar-refractivity contribution in [1.82, 2.24) is 30.5 Å². The summed E-state index contributed by atoms with van der Waals surface area (Å²) < 4.78 is 4.93. The van der Waals surface area contributed by atoms with Crippen LogP contribution in [-0.2, 0) is 9.59 Å². The van der Waals surface area contributed by atoms with Crippen LogP contribution in [0.2, 0.25) is 0 Å². The molecule has 0 atom stereocenters. The average Bonchev–Trinajstić information content (AvgIpc) is 3.41. The number of carbonyl (C=O) groups excluding carboxylic acids is 3. The van der Waals surface area contributed by atoms with Crippen LogP contribution >= 0.6 is 0 Å². The molecule has 0 bridgehead atoms. The molecule has 1 aliphatic heterocycles. The number of aromatic nitrogens is 3. The van der Waals surface area contributed by atoms with Gasteiger partial charge >= 0.3 is 0 Å². The van der Waals surface area contributed by atoms with Crippen molar-refractivity contribution in [2.75, 3.05) is 44.6 Å². The number of amides is 3. The van der Waals surface area contributed by atoms with E-state index in [0.717, 1.165) is 10.9 Å². The highest BCUT2D eigenvalue weighted by molar-refractivity contribution is 5.97. The SMILES string of the molecule is Cc1cc(NC(=O)CN2CCN(C(=O)CCNC(=O)c3ccc4cn[nH]c4c3)CC2)no1. The molecule has 4 rings (SSSR count). The lowest BCUT2D eigenvalue weighted by atomic mass is 10.1. The maximum atomic E-state index is 12.5. The van der Waals surface area contributed by atoms with Crippen molar-refractivity contribution in [2.45, 2.75) is 13.3 Å². The summed E-state index contributed by atoms with van der Waals surface area (Å²) in [7, 11) is 0. The Balaban J connectivity index is 1.16. The Morgan fingerprint density at radius 3 is 2.72 bits per heavy atom. The molecule has 1 aromatic carbocycles. The second-order valence-electron chi connectivity index (χ2n) is 7.71. The monoisotopic (exact) mass is 439 g/mol. The van der Waals surface area contributed by atoms with Crippen LogP contribution in [0.25, 0.3) is 10.9 Å². The summed E-state index contributed by atoms with van der Waals surface area (Å²) >= 11 is 0. The number of nitrogens with zero attached hydrogens (tertiary/aromatic N) is 4. The van der Waals surface area contributed by atoms with Crippen LogP contribution < -0.4 is 10.6 Å². The molecule has 0 spiro atoms. The third-order valence-corrected chi connectivity index (χ3v) is 5.32. The number of carbonyl (C=O) groups is 3. The van der Waals surface area contributed by atoms with Gasteiger partial charge in [-0.3, -0.25) is 24.4 Å². The molecule has 11 heteroatoms. The van der Waals surface area contributed by atoms with Crippen LogP contribution in [0, 0.1) is 6.92 Å². The summed E-state index contributed by atoms with van der Waals surface area (Å²) in [6.07, 6.45) is 1.92. The van der Waals surface area contributed by atoms with Crippen molar-refractivity contribution in [3.05, 3.63) is 41.8 Å². The topological polar surface area (TPSA) is 136 Å². The molecule has 32 heavy (non-hydrogen) atoms. The molecule has 2 aromatic heterocycles. The Bertz CT molecular complexity index is 1110. The van der Waals surface area contributed by atoms with Gasteiger partial charge in [-0.2, -0.15) is 5.10 Å². The van der Waals surface area contributed by atoms with E-state index in [-0.39, 0.29) is 37.2 Å². The Morgan fingerprint density at radius 1 is 1.16 bits per heavy atom. The lowest BCUT2D eigenvalue weighted by molar-refractivity contribution is -0.132. The Kier molecular flexibility index (Phi) is 6.45. The van der Waals surface area contributed by atoms with Gasteiger partial charge < -0.3 is 20.1 Å². The van der Waals surface area contributed by atoms with Crippen LogP contribution in [0.4, 0.5) is 5.82 Å². The fraction of sp³-hybridized carbons (Fsp3) is 0.381. The van der Waals surface area contributed by atoms with Gasteiger partial charge in [-0.05, 0) is 19.1 Å². The van der Waals surface area contributed by atoms with Gasteiger partial charge in [-0.25, -0.2) is 0 Å².